The van der Waals surface area contributed by atoms with Gasteiger partial charge in [-0.05, 0) is 63.1 Å². The van der Waals surface area contributed by atoms with Crippen LogP contribution in [0.4, 0.5) is 4.79 Å². The van der Waals surface area contributed by atoms with Crippen molar-refractivity contribution in [2.45, 2.75) is 57.8 Å². The molecule has 2 aliphatic heterocycles. The average molecular weight is 520 g/mol. The highest BCUT2D eigenvalue weighted by atomic mass is 16.5. The first kappa shape index (κ1) is 25.6. The van der Waals surface area contributed by atoms with Crippen LogP contribution in [0.3, 0.4) is 0 Å². The Hall–Kier alpha value is -4.08. The molecule has 2 aromatic carbocycles. The second-order valence-electron chi connectivity index (χ2n) is 10.4. The van der Waals surface area contributed by atoms with E-state index in [9.17, 15) is 19.2 Å². The fourth-order valence-corrected chi connectivity index (χ4v) is 4.68. The molecular weight excluding hydrogens is 486 g/mol. The van der Waals surface area contributed by atoms with Crippen LogP contribution < -0.4 is 20.7 Å². The van der Waals surface area contributed by atoms with Gasteiger partial charge in [0.15, 0.2) is 0 Å². The van der Waals surface area contributed by atoms with Crippen molar-refractivity contribution in [2.24, 2.45) is 0 Å². The van der Waals surface area contributed by atoms with E-state index < -0.39 is 0 Å². The highest BCUT2D eigenvalue weighted by molar-refractivity contribution is 5.96. The van der Waals surface area contributed by atoms with Crippen molar-refractivity contribution in [3.63, 3.8) is 0 Å². The molecule has 10 heteroatoms. The summed E-state index contributed by atoms with van der Waals surface area (Å²) in [6.07, 6.45) is 2.31. The summed E-state index contributed by atoms with van der Waals surface area (Å²) in [5, 5.41) is 8.72. The first-order valence-electron chi connectivity index (χ1n) is 13.1. The molecule has 0 spiro atoms. The largest absolute Gasteiger partial charge is 0.457 e. The molecular formula is C28H33N5O5. The van der Waals surface area contributed by atoms with Gasteiger partial charge in [0, 0.05) is 54.8 Å². The quantitative estimate of drug-likeness (QED) is 0.471. The normalized spacial score (nSPS) is 19.1. The molecule has 5 amide bonds. The Balaban J connectivity index is 1.33. The molecule has 0 radical (unpaired) electrons. The molecule has 2 heterocycles. The van der Waals surface area contributed by atoms with Crippen LogP contribution in [0.15, 0.2) is 42.5 Å². The Morgan fingerprint density at radius 3 is 2.32 bits per heavy atom. The van der Waals surface area contributed by atoms with Crippen molar-refractivity contribution < 1.29 is 23.9 Å². The zero-order valence-corrected chi connectivity index (χ0v) is 21.7. The maximum absolute atomic E-state index is 13.1. The lowest BCUT2D eigenvalue weighted by molar-refractivity contribution is -0.129. The van der Waals surface area contributed by atoms with E-state index in [0.29, 0.717) is 48.8 Å². The number of hydrogen-bond donors (Lipinski definition) is 3. The summed E-state index contributed by atoms with van der Waals surface area (Å²) in [5.74, 6) is 0.573. The lowest BCUT2D eigenvalue weighted by Gasteiger charge is -2.21. The molecule has 0 bridgehead atoms. The minimum Gasteiger partial charge on any atom is -0.457 e. The van der Waals surface area contributed by atoms with Crippen molar-refractivity contribution in [3.05, 3.63) is 59.2 Å². The molecule has 3 N–H and O–H groups in total. The van der Waals surface area contributed by atoms with Crippen LogP contribution in [0.1, 0.15) is 59.4 Å². The van der Waals surface area contributed by atoms with E-state index in [2.05, 4.69) is 16.0 Å². The van der Waals surface area contributed by atoms with E-state index in [1.807, 2.05) is 13.8 Å². The lowest BCUT2D eigenvalue weighted by atomic mass is 10.1. The number of benzene rings is 2. The SMILES string of the molecule is CC(C)N1CC(NC(=O)c2ccc(CN3CCNC3=O)c(Oc3ccc(C(=O)NC4CC4)cc3)c2)CC1=O. The second-order valence-corrected chi connectivity index (χ2v) is 10.4. The van der Waals surface area contributed by atoms with Gasteiger partial charge in [0.1, 0.15) is 11.5 Å². The zero-order chi connectivity index (χ0) is 26.8. The van der Waals surface area contributed by atoms with E-state index >= 15 is 0 Å². The van der Waals surface area contributed by atoms with E-state index in [1.54, 1.807) is 52.3 Å². The monoisotopic (exact) mass is 519 g/mol. The molecule has 1 aliphatic carbocycles. The van der Waals surface area contributed by atoms with E-state index in [0.717, 1.165) is 18.4 Å². The van der Waals surface area contributed by atoms with Gasteiger partial charge in [-0.1, -0.05) is 6.07 Å². The molecule has 38 heavy (non-hydrogen) atoms. The first-order chi connectivity index (χ1) is 18.3. The first-order valence-corrected chi connectivity index (χ1v) is 13.1. The topological polar surface area (TPSA) is 120 Å². The maximum Gasteiger partial charge on any atom is 0.317 e. The lowest BCUT2D eigenvalue weighted by Crippen LogP contribution is -2.38. The van der Waals surface area contributed by atoms with Gasteiger partial charge in [-0.3, -0.25) is 14.4 Å². The number of nitrogens with zero attached hydrogens (tertiary/aromatic N) is 2. The number of hydrogen-bond acceptors (Lipinski definition) is 5. The number of nitrogens with one attached hydrogen (secondary N) is 3. The van der Waals surface area contributed by atoms with Gasteiger partial charge in [-0.25, -0.2) is 4.79 Å². The molecule has 10 nitrogen and oxygen atoms in total. The molecule has 1 unspecified atom stereocenters. The van der Waals surface area contributed by atoms with Gasteiger partial charge < -0.3 is 30.5 Å². The highest BCUT2D eigenvalue weighted by Gasteiger charge is 2.32. The fraction of sp³-hybridized carbons (Fsp3) is 0.429. The van der Waals surface area contributed by atoms with Crippen molar-refractivity contribution in [3.8, 4) is 11.5 Å². The summed E-state index contributed by atoms with van der Waals surface area (Å²) in [7, 11) is 0. The number of amides is 5. The van der Waals surface area contributed by atoms with Crippen molar-refractivity contribution in [2.75, 3.05) is 19.6 Å². The number of carbonyl (C=O) groups is 4. The Morgan fingerprint density at radius 1 is 1.00 bits per heavy atom. The highest BCUT2D eigenvalue weighted by Crippen LogP contribution is 2.29. The molecule has 1 saturated carbocycles. The average Bonchev–Trinajstić information content (AvgIpc) is 3.49. The number of urea groups is 1. The van der Waals surface area contributed by atoms with E-state index in [-0.39, 0.29) is 48.3 Å². The van der Waals surface area contributed by atoms with Crippen LogP contribution in [0.2, 0.25) is 0 Å². The predicted octanol–water partition coefficient (Wildman–Crippen LogP) is 2.64. The molecule has 2 aromatic rings. The number of rotatable bonds is 9. The summed E-state index contributed by atoms with van der Waals surface area (Å²) in [6, 6.07) is 11.9. The Kier molecular flexibility index (Phi) is 7.22. The molecule has 3 aliphatic rings. The van der Waals surface area contributed by atoms with Gasteiger partial charge in [-0.15, -0.1) is 0 Å². The van der Waals surface area contributed by atoms with Crippen LogP contribution in [-0.2, 0) is 11.3 Å². The summed E-state index contributed by atoms with van der Waals surface area (Å²) in [4.78, 5) is 53.2. The molecule has 3 fully saturated rings. The third-order valence-electron chi connectivity index (χ3n) is 7.01. The van der Waals surface area contributed by atoms with Gasteiger partial charge in [0.2, 0.25) is 5.91 Å². The Bertz CT molecular complexity index is 1240. The Morgan fingerprint density at radius 2 is 1.68 bits per heavy atom. The van der Waals surface area contributed by atoms with Crippen LogP contribution in [0, 0.1) is 0 Å². The van der Waals surface area contributed by atoms with E-state index in [4.69, 9.17) is 4.74 Å². The summed E-state index contributed by atoms with van der Waals surface area (Å²) >= 11 is 0. The molecule has 0 aromatic heterocycles. The fourth-order valence-electron chi connectivity index (χ4n) is 4.68. The number of ether oxygens (including phenoxy) is 1. The second kappa shape index (κ2) is 10.7. The third kappa shape index (κ3) is 5.90. The van der Waals surface area contributed by atoms with E-state index in [1.165, 1.54) is 0 Å². The summed E-state index contributed by atoms with van der Waals surface area (Å²) < 4.78 is 6.18. The van der Waals surface area contributed by atoms with Crippen molar-refractivity contribution >= 4 is 23.8 Å². The minimum atomic E-state index is -0.296. The zero-order valence-electron chi connectivity index (χ0n) is 21.7. The predicted molar refractivity (Wildman–Crippen MR) is 140 cm³/mol. The van der Waals surface area contributed by atoms with Crippen molar-refractivity contribution in [1.29, 1.82) is 0 Å². The molecule has 1 atom stereocenters. The third-order valence-corrected chi connectivity index (χ3v) is 7.01. The summed E-state index contributed by atoms with van der Waals surface area (Å²) in [5.41, 5.74) is 1.69. The van der Waals surface area contributed by atoms with Gasteiger partial charge in [-0.2, -0.15) is 0 Å². The van der Waals surface area contributed by atoms with Gasteiger partial charge >= 0.3 is 6.03 Å². The van der Waals surface area contributed by atoms with Crippen molar-refractivity contribution in [1.82, 2.24) is 25.8 Å². The Labute approximate surface area is 221 Å². The molecule has 200 valence electrons. The van der Waals surface area contributed by atoms with Crippen LogP contribution in [0.25, 0.3) is 0 Å². The molecule has 5 rings (SSSR count). The van der Waals surface area contributed by atoms with Gasteiger partial charge in [0.25, 0.3) is 11.8 Å². The minimum absolute atomic E-state index is 0.0304. The maximum atomic E-state index is 13.1. The van der Waals surface area contributed by atoms with Crippen LogP contribution >= 0.6 is 0 Å². The number of carbonyl (C=O) groups excluding carboxylic acids is 4. The standard InChI is InChI=1S/C28H33N5O5/c1-17(2)33-16-22(14-25(33)34)31-27(36)19-3-4-20(15-32-12-11-29-28(32)37)24(13-19)38-23-9-5-18(6-10-23)26(35)30-21-7-8-21/h3-6,9-10,13,17,21-22H,7-8,11-12,14-16H2,1-2H3,(H,29,37)(H,30,35)(H,31,36). The molecule has 2 saturated heterocycles. The van der Waals surface area contributed by atoms with Gasteiger partial charge in [0.05, 0.1) is 12.6 Å². The van der Waals surface area contributed by atoms with Crippen LogP contribution in [-0.4, -0.2) is 71.3 Å². The van der Waals surface area contributed by atoms with Crippen LogP contribution in [0.5, 0.6) is 11.5 Å². The summed E-state index contributed by atoms with van der Waals surface area (Å²) in [6.45, 7) is 5.87. The smallest absolute Gasteiger partial charge is 0.317 e. The number of likely N-dealkylation sites (tertiary alicyclic amines) is 1.